The van der Waals surface area contributed by atoms with Crippen LogP contribution in [-0.4, -0.2) is 33.3 Å². The Balaban J connectivity index is 2.13. The molecule has 0 radical (unpaired) electrons. The number of nitrogens with zero attached hydrogens (tertiary/aromatic N) is 1. The summed E-state index contributed by atoms with van der Waals surface area (Å²) < 4.78 is 30.7. The molecular formula is C13H18N2O4S. The third-order valence-electron chi connectivity index (χ3n) is 3.17. The van der Waals surface area contributed by atoms with Crippen LogP contribution in [0.4, 0.5) is 11.4 Å². The van der Waals surface area contributed by atoms with Crippen LogP contribution in [0, 0.1) is 0 Å². The highest BCUT2D eigenvalue weighted by atomic mass is 32.2. The Bertz CT molecular complexity index is 613. The van der Waals surface area contributed by atoms with Crippen molar-refractivity contribution in [3.63, 3.8) is 0 Å². The SMILES string of the molecule is CCOC(=O)CCS(=O)(=O)N1CCc2ccc(N)cc21. The van der Waals surface area contributed by atoms with Crippen LogP contribution >= 0.6 is 0 Å². The molecule has 0 amide bonds. The molecule has 0 bridgehead atoms. The first kappa shape index (κ1) is 14.6. The van der Waals surface area contributed by atoms with Crippen LogP contribution in [0.5, 0.6) is 0 Å². The molecule has 6 nitrogen and oxygen atoms in total. The fraction of sp³-hybridized carbons (Fsp3) is 0.462. The number of anilines is 2. The minimum Gasteiger partial charge on any atom is -0.466 e. The summed E-state index contributed by atoms with van der Waals surface area (Å²) in [6, 6.07) is 5.25. The van der Waals surface area contributed by atoms with Crippen LogP contribution in [0.1, 0.15) is 18.9 Å². The Labute approximate surface area is 118 Å². The number of nitrogens with two attached hydrogens (primary N) is 1. The highest BCUT2D eigenvalue weighted by Gasteiger charge is 2.29. The first-order chi connectivity index (χ1) is 9.44. The van der Waals surface area contributed by atoms with Crippen molar-refractivity contribution in [2.75, 3.05) is 28.9 Å². The van der Waals surface area contributed by atoms with Gasteiger partial charge >= 0.3 is 5.97 Å². The molecule has 2 N–H and O–H groups in total. The summed E-state index contributed by atoms with van der Waals surface area (Å²) >= 11 is 0. The largest absolute Gasteiger partial charge is 0.466 e. The average Bonchev–Trinajstić information content (AvgIpc) is 2.80. The Morgan fingerprint density at radius 3 is 2.90 bits per heavy atom. The fourth-order valence-electron chi connectivity index (χ4n) is 2.21. The standard InChI is InChI=1S/C13H18N2O4S/c1-2-19-13(16)6-8-20(17,18)15-7-5-10-3-4-11(14)9-12(10)15/h3-4,9H,2,5-8,14H2,1H3. The van der Waals surface area contributed by atoms with Gasteiger partial charge in [-0.1, -0.05) is 6.07 Å². The topological polar surface area (TPSA) is 89.7 Å². The van der Waals surface area contributed by atoms with Crippen LogP contribution in [0.2, 0.25) is 0 Å². The smallest absolute Gasteiger partial charge is 0.306 e. The normalized spacial score (nSPS) is 14.2. The fourth-order valence-corrected chi connectivity index (χ4v) is 3.70. The molecule has 20 heavy (non-hydrogen) atoms. The van der Waals surface area contributed by atoms with Gasteiger partial charge in [0.1, 0.15) is 0 Å². The van der Waals surface area contributed by atoms with E-state index in [1.54, 1.807) is 19.1 Å². The van der Waals surface area contributed by atoms with E-state index in [9.17, 15) is 13.2 Å². The Morgan fingerprint density at radius 1 is 1.45 bits per heavy atom. The maximum atomic E-state index is 12.3. The number of carbonyl (C=O) groups is 1. The number of rotatable bonds is 5. The molecule has 1 aliphatic rings. The van der Waals surface area contributed by atoms with Crippen LogP contribution in [-0.2, 0) is 26.0 Å². The number of hydrogen-bond acceptors (Lipinski definition) is 5. The van der Waals surface area contributed by atoms with E-state index in [4.69, 9.17) is 10.5 Å². The number of hydrogen-bond donors (Lipinski definition) is 1. The molecule has 0 atom stereocenters. The lowest BCUT2D eigenvalue weighted by Gasteiger charge is -2.19. The number of sulfonamides is 1. The van der Waals surface area contributed by atoms with E-state index in [1.165, 1.54) is 4.31 Å². The number of benzene rings is 1. The zero-order valence-electron chi connectivity index (χ0n) is 11.3. The number of esters is 1. The van der Waals surface area contributed by atoms with E-state index < -0.39 is 16.0 Å². The molecule has 0 aliphatic carbocycles. The number of carbonyl (C=O) groups excluding carboxylic acids is 1. The molecule has 0 unspecified atom stereocenters. The van der Waals surface area contributed by atoms with Gasteiger partial charge in [-0.2, -0.15) is 0 Å². The van der Waals surface area contributed by atoms with Gasteiger partial charge in [0.15, 0.2) is 0 Å². The quantitative estimate of drug-likeness (QED) is 0.645. The minimum absolute atomic E-state index is 0.135. The molecule has 7 heteroatoms. The monoisotopic (exact) mass is 298 g/mol. The molecule has 0 aromatic heterocycles. The highest BCUT2D eigenvalue weighted by molar-refractivity contribution is 7.92. The molecule has 110 valence electrons. The van der Waals surface area contributed by atoms with E-state index in [-0.39, 0.29) is 18.8 Å². The van der Waals surface area contributed by atoms with Crippen molar-refractivity contribution in [3.8, 4) is 0 Å². The van der Waals surface area contributed by atoms with Crippen LogP contribution in [0.3, 0.4) is 0 Å². The third-order valence-corrected chi connectivity index (χ3v) is 4.94. The van der Waals surface area contributed by atoms with E-state index in [2.05, 4.69) is 0 Å². The number of nitrogen functional groups attached to an aromatic ring is 1. The molecular weight excluding hydrogens is 280 g/mol. The Kier molecular flexibility index (Phi) is 4.17. The summed E-state index contributed by atoms with van der Waals surface area (Å²) in [5.41, 5.74) is 7.80. The second kappa shape index (κ2) is 5.70. The highest BCUT2D eigenvalue weighted by Crippen LogP contribution is 2.32. The molecule has 0 saturated carbocycles. The molecule has 1 aromatic rings. The van der Waals surface area contributed by atoms with E-state index in [0.717, 1.165) is 5.56 Å². The van der Waals surface area contributed by atoms with Gasteiger partial charge in [0.25, 0.3) is 0 Å². The molecule has 1 aliphatic heterocycles. The summed E-state index contributed by atoms with van der Waals surface area (Å²) in [5.74, 6) is -0.747. The average molecular weight is 298 g/mol. The Hall–Kier alpha value is -1.76. The summed E-state index contributed by atoms with van der Waals surface area (Å²) in [5, 5.41) is 0. The van der Waals surface area contributed by atoms with Crippen molar-refractivity contribution >= 4 is 27.4 Å². The lowest BCUT2D eigenvalue weighted by molar-refractivity contribution is -0.142. The van der Waals surface area contributed by atoms with Gasteiger partial charge in [0.2, 0.25) is 10.0 Å². The summed E-state index contributed by atoms with van der Waals surface area (Å²) in [7, 11) is -3.53. The summed E-state index contributed by atoms with van der Waals surface area (Å²) in [4.78, 5) is 11.3. The van der Waals surface area contributed by atoms with E-state index in [1.807, 2.05) is 6.07 Å². The Morgan fingerprint density at radius 2 is 2.20 bits per heavy atom. The summed E-state index contributed by atoms with van der Waals surface area (Å²) in [6.07, 6.45) is 0.526. The van der Waals surface area contributed by atoms with Gasteiger partial charge in [0.05, 0.1) is 24.5 Å². The van der Waals surface area contributed by atoms with Gasteiger partial charge in [0, 0.05) is 12.2 Å². The number of fused-ring (bicyclic) bond motifs is 1. The van der Waals surface area contributed by atoms with Gasteiger partial charge in [-0.05, 0) is 31.0 Å². The summed E-state index contributed by atoms with van der Waals surface area (Å²) in [6.45, 7) is 2.33. The van der Waals surface area contributed by atoms with Gasteiger partial charge < -0.3 is 10.5 Å². The first-order valence-corrected chi connectivity index (χ1v) is 8.09. The minimum atomic E-state index is -3.53. The predicted molar refractivity (Wildman–Crippen MR) is 76.9 cm³/mol. The van der Waals surface area contributed by atoms with Gasteiger partial charge in [-0.3, -0.25) is 9.10 Å². The molecule has 0 spiro atoms. The molecule has 1 aromatic carbocycles. The van der Waals surface area contributed by atoms with Gasteiger partial charge in [-0.15, -0.1) is 0 Å². The van der Waals surface area contributed by atoms with Crippen molar-refractivity contribution in [2.24, 2.45) is 0 Å². The van der Waals surface area contributed by atoms with Crippen molar-refractivity contribution in [1.82, 2.24) is 0 Å². The van der Waals surface area contributed by atoms with Crippen LogP contribution < -0.4 is 10.0 Å². The lowest BCUT2D eigenvalue weighted by Crippen LogP contribution is -2.32. The van der Waals surface area contributed by atoms with Crippen molar-refractivity contribution in [1.29, 1.82) is 0 Å². The lowest BCUT2D eigenvalue weighted by atomic mass is 10.1. The number of ether oxygens (including phenoxy) is 1. The van der Waals surface area contributed by atoms with E-state index in [0.29, 0.717) is 24.3 Å². The van der Waals surface area contributed by atoms with Gasteiger partial charge in [-0.25, -0.2) is 8.42 Å². The predicted octanol–water partition coefficient (Wildman–Crippen LogP) is 0.914. The van der Waals surface area contributed by atoms with Crippen molar-refractivity contribution in [2.45, 2.75) is 19.8 Å². The molecule has 1 heterocycles. The molecule has 0 saturated heterocycles. The second-order valence-corrected chi connectivity index (χ2v) is 6.59. The maximum Gasteiger partial charge on any atom is 0.306 e. The van der Waals surface area contributed by atoms with Crippen molar-refractivity contribution < 1.29 is 17.9 Å². The van der Waals surface area contributed by atoms with Crippen LogP contribution in [0.15, 0.2) is 18.2 Å². The second-order valence-electron chi connectivity index (χ2n) is 4.58. The van der Waals surface area contributed by atoms with E-state index >= 15 is 0 Å². The third kappa shape index (κ3) is 3.04. The zero-order valence-corrected chi connectivity index (χ0v) is 12.1. The first-order valence-electron chi connectivity index (χ1n) is 6.48. The molecule has 0 fully saturated rings. The van der Waals surface area contributed by atoms with Crippen molar-refractivity contribution in [3.05, 3.63) is 23.8 Å². The zero-order chi connectivity index (χ0) is 14.8. The van der Waals surface area contributed by atoms with Crippen LogP contribution in [0.25, 0.3) is 0 Å². The molecule has 2 rings (SSSR count). The maximum absolute atomic E-state index is 12.3.